The molecule has 1 amide bonds. The van der Waals surface area contributed by atoms with Crippen molar-refractivity contribution in [3.05, 3.63) is 30.6 Å². The van der Waals surface area contributed by atoms with Crippen LogP contribution in [0.5, 0.6) is 0 Å². The third kappa shape index (κ3) is 3.11. The third-order valence-electron chi connectivity index (χ3n) is 3.51. The fourth-order valence-corrected chi connectivity index (χ4v) is 2.43. The molecule has 1 aromatic heterocycles. The molecule has 0 bridgehead atoms. The smallest absolute Gasteiger partial charge is 0.253 e. The molecule has 1 N–H and O–H groups in total. The molecule has 2 aromatic rings. The maximum Gasteiger partial charge on any atom is 0.253 e. The second-order valence-corrected chi connectivity index (χ2v) is 5.32. The number of rotatable bonds is 3. The van der Waals surface area contributed by atoms with Gasteiger partial charge in [-0.25, -0.2) is 4.98 Å². The van der Waals surface area contributed by atoms with E-state index >= 15 is 0 Å². The lowest BCUT2D eigenvalue weighted by Crippen LogP contribution is -2.27. The van der Waals surface area contributed by atoms with Crippen LogP contribution in [0.15, 0.2) is 30.6 Å². The molecule has 21 heavy (non-hydrogen) atoms. The largest absolute Gasteiger partial charge is 0.365 e. The van der Waals surface area contributed by atoms with E-state index in [-0.39, 0.29) is 18.1 Å². The molecule has 0 spiro atoms. The zero-order valence-corrected chi connectivity index (χ0v) is 12.1. The summed E-state index contributed by atoms with van der Waals surface area (Å²) in [4.78, 5) is 16.3. The zero-order chi connectivity index (χ0) is 14.8. The van der Waals surface area contributed by atoms with Crippen molar-refractivity contribution in [1.29, 1.82) is 0 Å². The minimum Gasteiger partial charge on any atom is -0.365 e. The molecule has 0 aliphatic carbocycles. The molecular formula is C15H18N4O2. The first-order chi connectivity index (χ1) is 10.1. The molecule has 0 radical (unpaired) electrons. The fraction of sp³-hybridized carbons (Fsp3) is 0.400. The van der Waals surface area contributed by atoms with Gasteiger partial charge in [0.05, 0.1) is 6.10 Å². The summed E-state index contributed by atoms with van der Waals surface area (Å²) in [5.74, 6) is 0.546. The lowest BCUT2D eigenvalue weighted by Gasteiger charge is -2.12. The van der Waals surface area contributed by atoms with E-state index in [1.165, 1.54) is 0 Å². The van der Waals surface area contributed by atoms with Gasteiger partial charge in [0.25, 0.3) is 5.91 Å². The van der Waals surface area contributed by atoms with Crippen LogP contribution in [0.2, 0.25) is 0 Å². The number of ether oxygens (including phenoxy) is 1. The van der Waals surface area contributed by atoms with Crippen LogP contribution >= 0.6 is 0 Å². The maximum absolute atomic E-state index is 12.1. The molecule has 1 aliphatic rings. The molecule has 0 saturated carbocycles. The number of anilines is 1. The normalized spacial score (nSPS) is 21.4. The van der Waals surface area contributed by atoms with Crippen molar-refractivity contribution in [2.75, 3.05) is 5.32 Å². The van der Waals surface area contributed by atoms with Crippen LogP contribution in [0.1, 0.15) is 19.8 Å². The van der Waals surface area contributed by atoms with Crippen molar-refractivity contribution in [3.63, 3.8) is 0 Å². The van der Waals surface area contributed by atoms with Crippen LogP contribution in [-0.2, 0) is 16.6 Å². The first-order valence-corrected chi connectivity index (χ1v) is 7.04. The van der Waals surface area contributed by atoms with Gasteiger partial charge in [-0.2, -0.15) is 5.10 Å². The molecule has 6 nitrogen and oxygen atoms in total. The number of carbonyl (C=O) groups excluding carboxylic acids is 1. The van der Waals surface area contributed by atoms with Gasteiger partial charge in [-0.3, -0.25) is 9.48 Å². The Labute approximate surface area is 123 Å². The number of hydrogen-bond acceptors (Lipinski definition) is 4. The van der Waals surface area contributed by atoms with Crippen LogP contribution in [0.4, 0.5) is 5.69 Å². The van der Waals surface area contributed by atoms with Gasteiger partial charge in [0.1, 0.15) is 12.4 Å². The van der Waals surface area contributed by atoms with Gasteiger partial charge < -0.3 is 10.1 Å². The molecule has 2 atom stereocenters. The van der Waals surface area contributed by atoms with E-state index < -0.39 is 0 Å². The summed E-state index contributed by atoms with van der Waals surface area (Å²) in [5, 5.41) is 7.15. The van der Waals surface area contributed by atoms with E-state index in [1.807, 2.05) is 38.2 Å². The highest BCUT2D eigenvalue weighted by atomic mass is 16.5. The number of aryl methyl sites for hydroxylation is 1. The Morgan fingerprint density at radius 3 is 2.95 bits per heavy atom. The number of amides is 1. The van der Waals surface area contributed by atoms with Crippen LogP contribution in [0.3, 0.4) is 0 Å². The van der Waals surface area contributed by atoms with Gasteiger partial charge in [0.2, 0.25) is 0 Å². The second kappa shape index (κ2) is 5.65. The molecular weight excluding hydrogens is 268 g/mol. The van der Waals surface area contributed by atoms with Crippen molar-refractivity contribution in [3.8, 4) is 11.4 Å². The Balaban J connectivity index is 1.73. The predicted octanol–water partition coefficient (Wildman–Crippen LogP) is 1.99. The Morgan fingerprint density at radius 1 is 1.43 bits per heavy atom. The summed E-state index contributed by atoms with van der Waals surface area (Å²) in [6.07, 6.45) is 3.15. The number of nitrogens with one attached hydrogen (secondary N) is 1. The second-order valence-electron chi connectivity index (χ2n) is 5.32. The molecule has 1 saturated heterocycles. The molecule has 2 heterocycles. The van der Waals surface area contributed by atoms with E-state index in [0.29, 0.717) is 5.82 Å². The Kier molecular flexibility index (Phi) is 3.70. The number of carbonyl (C=O) groups is 1. The lowest BCUT2D eigenvalue weighted by molar-refractivity contribution is -0.126. The quantitative estimate of drug-likeness (QED) is 0.937. The molecule has 1 aromatic carbocycles. The molecule has 3 rings (SSSR count). The summed E-state index contributed by atoms with van der Waals surface area (Å²) in [6, 6.07) is 7.51. The van der Waals surface area contributed by atoms with Crippen LogP contribution in [0.25, 0.3) is 11.4 Å². The number of nitrogens with zero attached hydrogens (tertiary/aromatic N) is 3. The summed E-state index contributed by atoms with van der Waals surface area (Å²) in [7, 11) is 1.82. The molecule has 2 unspecified atom stereocenters. The van der Waals surface area contributed by atoms with E-state index in [9.17, 15) is 4.79 Å². The highest BCUT2D eigenvalue weighted by Gasteiger charge is 2.28. The molecule has 110 valence electrons. The van der Waals surface area contributed by atoms with E-state index in [0.717, 1.165) is 24.1 Å². The standard InChI is InChI=1S/C15H18N4O2/c1-10-6-7-13(21-10)15(20)17-12-5-3-4-11(8-12)14-16-9-19(2)18-14/h3-5,8-10,13H,6-7H2,1-2H3,(H,17,20). The summed E-state index contributed by atoms with van der Waals surface area (Å²) >= 11 is 0. The minimum atomic E-state index is -0.350. The van der Waals surface area contributed by atoms with Crippen molar-refractivity contribution < 1.29 is 9.53 Å². The van der Waals surface area contributed by atoms with Crippen molar-refractivity contribution in [2.24, 2.45) is 7.05 Å². The summed E-state index contributed by atoms with van der Waals surface area (Å²) < 4.78 is 7.22. The molecule has 6 heteroatoms. The SMILES string of the molecule is CC1CCC(C(=O)Nc2cccc(-c3ncn(C)n3)c2)O1. The van der Waals surface area contributed by atoms with Crippen LogP contribution in [-0.4, -0.2) is 32.9 Å². The molecule has 1 aliphatic heterocycles. The first-order valence-electron chi connectivity index (χ1n) is 7.04. The van der Waals surface area contributed by atoms with Crippen molar-refractivity contribution in [2.45, 2.75) is 32.0 Å². The number of hydrogen-bond donors (Lipinski definition) is 1. The minimum absolute atomic E-state index is 0.0921. The van der Waals surface area contributed by atoms with Crippen molar-refractivity contribution in [1.82, 2.24) is 14.8 Å². The van der Waals surface area contributed by atoms with Gasteiger partial charge in [-0.15, -0.1) is 0 Å². The van der Waals surface area contributed by atoms with E-state index in [1.54, 1.807) is 11.0 Å². The summed E-state index contributed by atoms with van der Waals surface area (Å²) in [5.41, 5.74) is 1.60. The zero-order valence-electron chi connectivity index (χ0n) is 12.1. The third-order valence-corrected chi connectivity index (χ3v) is 3.51. The van der Waals surface area contributed by atoms with Crippen molar-refractivity contribution >= 4 is 11.6 Å². The van der Waals surface area contributed by atoms with Gasteiger partial charge in [-0.05, 0) is 31.9 Å². The highest BCUT2D eigenvalue weighted by molar-refractivity contribution is 5.94. The topological polar surface area (TPSA) is 69.0 Å². The average Bonchev–Trinajstić information content (AvgIpc) is 3.08. The summed E-state index contributed by atoms with van der Waals surface area (Å²) in [6.45, 7) is 1.99. The van der Waals surface area contributed by atoms with E-state index in [4.69, 9.17) is 4.74 Å². The van der Waals surface area contributed by atoms with Gasteiger partial charge in [0, 0.05) is 18.3 Å². The van der Waals surface area contributed by atoms with Gasteiger partial charge in [0.15, 0.2) is 5.82 Å². The van der Waals surface area contributed by atoms with E-state index in [2.05, 4.69) is 15.4 Å². The number of aromatic nitrogens is 3. The predicted molar refractivity (Wildman–Crippen MR) is 78.6 cm³/mol. The lowest BCUT2D eigenvalue weighted by atomic mass is 10.1. The van der Waals surface area contributed by atoms with Gasteiger partial charge >= 0.3 is 0 Å². The highest BCUT2D eigenvalue weighted by Crippen LogP contribution is 2.22. The Hall–Kier alpha value is -2.21. The average molecular weight is 286 g/mol. The maximum atomic E-state index is 12.1. The first kappa shape index (κ1) is 13.8. The Bertz CT molecular complexity index is 653. The number of benzene rings is 1. The Morgan fingerprint density at radius 2 is 2.29 bits per heavy atom. The molecule has 1 fully saturated rings. The van der Waals surface area contributed by atoms with Crippen LogP contribution < -0.4 is 5.32 Å². The fourth-order valence-electron chi connectivity index (χ4n) is 2.43. The monoisotopic (exact) mass is 286 g/mol. The van der Waals surface area contributed by atoms with Gasteiger partial charge in [-0.1, -0.05) is 12.1 Å². The van der Waals surface area contributed by atoms with Crippen LogP contribution in [0, 0.1) is 0 Å².